The molecule has 0 aliphatic heterocycles. The van der Waals surface area contributed by atoms with Crippen molar-refractivity contribution in [2.24, 2.45) is 0 Å². The van der Waals surface area contributed by atoms with Gasteiger partial charge in [0.2, 0.25) is 0 Å². The Kier molecular flexibility index (Phi) is 3.29. The van der Waals surface area contributed by atoms with Gasteiger partial charge in [-0.1, -0.05) is 53.7 Å². The molecule has 0 bridgehead atoms. The second-order valence-corrected chi connectivity index (χ2v) is 5.32. The standard InChI is InChI=1S/C19H11FN4/c20-15-8-3-7-14(11-15)19-17(12-21)22-23-24(19)18-10-4-6-13-5-1-2-9-16(13)18/h1-11H. The number of aromatic nitrogens is 3. The van der Waals surface area contributed by atoms with E-state index in [2.05, 4.69) is 10.3 Å². The van der Waals surface area contributed by atoms with Gasteiger partial charge in [-0.3, -0.25) is 0 Å². The van der Waals surface area contributed by atoms with Crippen LogP contribution in [0.4, 0.5) is 4.39 Å². The molecule has 0 radical (unpaired) electrons. The Labute approximate surface area is 137 Å². The van der Waals surface area contributed by atoms with Crippen molar-refractivity contribution >= 4 is 10.8 Å². The van der Waals surface area contributed by atoms with Gasteiger partial charge in [0.05, 0.1) is 5.69 Å². The summed E-state index contributed by atoms with van der Waals surface area (Å²) in [5.74, 6) is -0.373. The second kappa shape index (κ2) is 5.60. The van der Waals surface area contributed by atoms with Crippen molar-refractivity contribution in [2.45, 2.75) is 0 Å². The van der Waals surface area contributed by atoms with Crippen LogP contribution in [0.25, 0.3) is 27.7 Å². The van der Waals surface area contributed by atoms with Gasteiger partial charge in [0.25, 0.3) is 0 Å². The summed E-state index contributed by atoms with van der Waals surface area (Å²) in [7, 11) is 0. The molecular formula is C19H11FN4. The first-order chi connectivity index (χ1) is 11.8. The Morgan fingerprint density at radius 2 is 1.75 bits per heavy atom. The third kappa shape index (κ3) is 2.22. The third-order valence-corrected chi connectivity index (χ3v) is 3.87. The molecule has 0 amide bonds. The van der Waals surface area contributed by atoms with Crippen LogP contribution in [0, 0.1) is 17.1 Å². The van der Waals surface area contributed by atoms with E-state index in [1.54, 1.807) is 16.8 Å². The molecule has 3 aromatic carbocycles. The Hall–Kier alpha value is -3.52. The van der Waals surface area contributed by atoms with E-state index in [0.29, 0.717) is 11.3 Å². The summed E-state index contributed by atoms with van der Waals surface area (Å²) < 4.78 is 15.2. The van der Waals surface area contributed by atoms with Crippen molar-refractivity contribution in [3.63, 3.8) is 0 Å². The highest BCUT2D eigenvalue weighted by Crippen LogP contribution is 2.29. The lowest BCUT2D eigenvalue weighted by molar-refractivity contribution is 0.628. The second-order valence-electron chi connectivity index (χ2n) is 5.32. The highest BCUT2D eigenvalue weighted by atomic mass is 19.1. The first-order valence-electron chi connectivity index (χ1n) is 7.38. The first-order valence-corrected chi connectivity index (χ1v) is 7.38. The molecule has 0 N–H and O–H groups in total. The van der Waals surface area contributed by atoms with Gasteiger partial charge in [0.15, 0.2) is 5.69 Å². The minimum atomic E-state index is -0.373. The molecular weight excluding hydrogens is 303 g/mol. The smallest absolute Gasteiger partial charge is 0.191 e. The summed E-state index contributed by atoms with van der Waals surface area (Å²) in [5.41, 5.74) is 1.99. The van der Waals surface area contributed by atoms with Crippen molar-refractivity contribution < 1.29 is 4.39 Å². The van der Waals surface area contributed by atoms with Crippen LogP contribution in [-0.2, 0) is 0 Å². The van der Waals surface area contributed by atoms with Crippen LogP contribution in [0.15, 0.2) is 66.7 Å². The summed E-state index contributed by atoms with van der Waals surface area (Å²) in [6.45, 7) is 0. The van der Waals surface area contributed by atoms with E-state index in [4.69, 9.17) is 0 Å². The molecule has 1 heterocycles. The summed E-state index contributed by atoms with van der Waals surface area (Å²) in [6.07, 6.45) is 0. The molecule has 0 unspecified atom stereocenters. The van der Waals surface area contributed by atoms with Crippen LogP contribution in [-0.4, -0.2) is 15.0 Å². The Bertz CT molecular complexity index is 1090. The van der Waals surface area contributed by atoms with Gasteiger partial charge in [-0.15, -0.1) is 5.10 Å². The van der Waals surface area contributed by atoms with E-state index in [-0.39, 0.29) is 11.5 Å². The van der Waals surface area contributed by atoms with E-state index in [9.17, 15) is 9.65 Å². The zero-order valence-electron chi connectivity index (χ0n) is 12.5. The minimum absolute atomic E-state index is 0.161. The molecule has 24 heavy (non-hydrogen) atoms. The van der Waals surface area contributed by atoms with E-state index in [0.717, 1.165) is 16.5 Å². The number of nitrogens with zero attached hydrogens (tertiary/aromatic N) is 4. The average molecular weight is 314 g/mol. The Balaban J connectivity index is 2.03. The van der Waals surface area contributed by atoms with E-state index in [1.165, 1.54) is 12.1 Å². The van der Waals surface area contributed by atoms with Crippen molar-refractivity contribution in [1.82, 2.24) is 15.0 Å². The van der Waals surface area contributed by atoms with Crippen molar-refractivity contribution in [1.29, 1.82) is 5.26 Å². The van der Waals surface area contributed by atoms with E-state index in [1.807, 2.05) is 48.5 Å². The molecule has 4 rings (SSSR count). The SMILES string of the molecule is N#Cc1nnn(-c2cccc3ccccc23)c1-c1cccc(F)c1. The highest BCUT2D eigenvalue weighted by Gasteiger charge is 2.17. The molecule has 114 valence electrons. The van der Waals surface area contributed by atoms with Gasteiger partial charge in [-0.05, 0) is 23.6 Å². The number of rotatable bonds is 2. The minimum Gasteiger partial charge on any atom is -0.211 e. The van der Waals surface area contributed by atoms with Gasteiger partial charge < -0.3 is 0 Å². The fraction of sp³-hybridized carbons (Fsp3) is 0. The number of fused-ring (bicyclic) bond motifs is 1. The van der Waals surface area contributed by atoms with Crippen molar-refractivity contribution in [2.75, 3.05) is 0 Å². The Morgan fingerprint density at radius 1 is 0.958 bits per heavy atom. The summed E-state index contributed by atoms with van der Waals surface area (Å²) >= 11 is 0. The molecule has 0 aliphatic rings. The van der Waals surface area contributed by atoms with Crippen LogP contribution in [0.3, 0.4) is 0 Å². The lowest BCUT2D eigenvalue weighted by atomic mass is 10.1. The molecule has 1 aromatic heterocycles. The predicted octanol–water partition coefficient (Wildman–Crippen LogP) is 4.10. The summed E-state index contributed by atoms with van der Waals surface area (Å²) in [6, 6.07) is 21.8. The fourth-order valence-corrected chi connectivity index (χ4v) is 2.81. The van der Waals surface area contributed by atoms with Crippen LogP contribution < -0.4 is 0 Å². The normalized spacial score (nSPS) is 10.7. The molecule has 4 aromatic rings. The number of halogens is 1. The largest absolute Gasteiger partial charge is 0.211 e. The lowest BCUT2D eigenvalue weighted by Crippen LogP contribution is -2.01. The van der Waals surface area contributed by atoms with Gasteiger partial charge in [-0.25, -0.2) is 9.07 Å². The number of nitriles is 1. The van der Waals surface area contributed by atoms with E-state index >= 15 is 0 Å². The fourth-order valence-electron chi connectivity index (χ4n) is 2.81. The zero-order chi connectivity index (χ0) is 16.5. The zero-order valence-corrected chi connectivity index (χ0v) is 12.5. The highest BCUT2D eigenvalue weighted by molar-refractivity contribution is 5.90. The third-order valence-electron chi connectivity index (χ3n) is 3.87. The maximum atomic E-state index is 13.6. The molecule has 0 aliphatic carbocycles. The summed E-state index contributed by atoms with van der Waals surface area (Å²) in [4.78, 5) is 0. The van der Waals surface area contributed by atoms with Gasteiger partial charge >= 0.3 is 0 Å². The number of hydrogen-bond acceptors (Lipinski definition) is 3. The van der Waals surface area contributed by atoms with Gasteiger partial charge in [0, 0.05) is 10.9 Å². The Morgan fingerprint density at radius 3 is 2.58 bits per heavy atom. The van der Waals surface area contributed by atoms with Crippen LogP contribution in [0.1, 0.15) is 5.69 Å². The molecule has 0 fully saturated rings. The molecule has 0 saturated heterocycles. The predicted molar refractivity (Wildman–Crippen MR) is 89.0 cm³/mol. The summed E-state index contributed by atoms with van der Waals surface area (Å²) in [5, 5.41) is 19.5. The molecule has 0 saturated carbocycles. The van der Waals surface area contributed by atoms with E-state index < -0.39 is 0 Å². The average Bonchev–Trinajstić information content (AvgIpc) is 3.05. The quantitative estimate of drug-likeness (QED) is 0.560. The topological polar surface area (TPSA) is 54.5 Å². The molecule has 0 atom stereocenters. The molecule has 4 nitrogen and oxygen atoms in total. The van der Waals surface area contributed by atoms with Crippen LogP contribution in [0.2, 0.25) is 0 Å². The number of benzene rings is 3. The number of hydrogen-bond donors (Lipinski definition) is 0. The van der Waals surface area contributed by atoms with Crippen molar-refractivity contribution in [3.8, 4) is 23.0 Å². The molecule has 0 spiro atoms. The maximum Gasteiger partial charge on any atom is 0.191 e. The monoisotopic (exact) mass is 314 g/mol. The van der Waals surface area contributed by atoms with Crippen molar-refractivity contribution in [3.05, 3.63) is 78.2 Å². The molecule has 5 heteroatoms. The van der Waals surface area contributed by atoms with Gasteiger partial charge in [-0.2, -0.15) is 5.26 Å². The lowest BCUT2D eigenvalue weighted by Gasteiger charge is -2.10. The maximum absolute atomic E-state index is 13.6. The van der Waals surface area contributed by atoms with Gasteiger partial charge in [0.1, 0.15) is 17.6 Å². The first kappa shape index (κ1) is 14.1. The van der Waals surface area contributed by atoms with Crippen LogP contribution in [0.5, 0.6) is 0 Å². The van der Waals surface area contributed by atoms with Crippen LogP contribution >= 0.6 is 0 Å².